The first-order valence-electron chi connectivity index (χ1n) is 4.54. The maximum Gasteiger partial charge on any atom is 0.123 e. The van der Waals surface area contributed by atoms with Crippen LogP contribution in [0.2, 0.25) is 0 Å². The molecule has 1 aromatic rings. The fraction of sp³-hybridized carbons (Fsp3) is 0.400. The lowest BCUT2D eigenvalue weighted by Gasteiger charge is -2.21. The Kier molecular flexibility index (Phi) is 6.00. The largest absolute Gasteiger partial charge is 0.326 e. The smallest absolute Gasteiger partial charge is 0.123 e. The Labute approximate surface area is 94.2 Å². The van der Waals surface area contributed by atoms with E-state index in [0.717, 1.165) is 22.5 Å². The highest BCUT2D eigenvalue weighted by molar-refractivity contribution is 6.04. The number of benzene rings is 1. The summed E-state index contributed by atoms with van der Waals surface area (Å²) >= 11 is 0. The standard InChI is InChI=1S/C10H16FNSi.ClH/c1-8(2)12(13)7-9-4-3-5-10(11)6-9;/h3-6,8H,7H2,1-2,13H3;1H. The van der Waals surface area contributed by atoms with Crippen molar-refractivity contribution in [3.8, 4) is 0 Å². The summed E-state index contributed by atoms with van der Waals surface area (Å²) in [5.74, 6) is -0.142. The van der Waals surface area contributed by atoms with Gasteiger partial charge in [0.25, 0.3) is 0 Å². The van der Waals surface area contributed by atoms with Gasteiger partial charge in [-0.15, -0.1) is 12.4 Å². The van der Waals surface area contributed by atoms with Crippen molar-refractivity contribution in [3.63, 3.8) is 0 Å². The van der Waals surface area contributed by atoms with Crippen molar-refractivity contribution in [2.45, 2.75) is 26.4 Å². The van der Waals surface area contributed by atoms with Crippen molar-refractivity contribution in [1.82, 2.24) is 4.57 Å². The van der Waals surface area contributed by atoms with E-state index in [1.54, 1.807) is 12.1 Å². The quantitative estimate of drug-likeness (QED) is 0.719. The minimum absolute atomic E-state index is 0. The van der Waals surface area contributed by atoms with Crippen LogP contribution in [-0.2, 0) is 6.54 Å². The van der Waals surface area contributed by atoms with Gasteiger partial charge in [-0.2, -0.15) is 0 Å². The normalized spacial score (nSPS) is 10.6. The van der Waals surface area contributed by atoms with Gasteiger partial charge in [-0.3, -0.25) is 0 Å². The molecule has 0 saturated carbocycles. The summed E-state index contributed by atoms with van der Waals surface area (Å²) in [4.78, 5) is 0. The van der Waals surface area contributed by atoms with Crippen molar-refractivity contribution >= 4 is 22.8 Å². The van der Waals surface area contributed by atoms with Crippen LogP contribution in [0.5, 0.6) is 0 Å². The molecule has 0 heterocycles. The molecule has 0 radical (unpaired) electrons. The Morgan fingerprint density at radius 2 is 2.07 bits per heavy atom. The van der Waals surface area contributed by atoms with Crippen molar-refractivity contribution in [1.29, 1.82) is 0 Å². The molecule has 80 valence electrons. The van der Waals surface area contributed by atoms with E-state index in [1.807, 2.05) is 6.07 Å². The minimum atomic E-state index is -0.142. The highest BCUT2D eigenvalue weighted by atomic mass is 35.5. The van der Waals surface area contributed by atoms with Crippen LogP contribution < -0.4 is 0 Å². The maximum absolute atomic E-state index is 12.8. The predicted octanol–water partition coefficient (Wildman–Crippen LogP) is 1.74. The first-order valence-corrected chi connectivity index (χ1v) is 5.43. The van der Waals surface area contributed by atoms with Crippen LogP contribution in [0.4, 0.5) is 4.39 Å². The monoisotopic (exact) mass is 233 g/mol. The van der Waals surface area contributed by atoms with Gasteiger partial charge in [0.15, 0.2) is 0 Å². The molecule has 0 atom stereocenters. The van der Waals surface area contributed by atoms with Crippen molar-refractivity contribution in [3.05, 3.63) is 35.6 Å². The van der Waals surface area contributed by atoms with E-state index in [4.69, 9.17) is 0 Å². The lowest BCUT2D eigenvalue weighted by Crippen LogP contribution is -2.27. The van der Waals surface area contributed by atoms with Crippen LogP contribution >= 0.6 is 12.4 Å². The molecule has 0 aliphatic heterocycles. The lowest BCUT2D eigenvalue weighted by molar-refractivity contribution is 0.373. The van der Waals surface area contributed by atoms with E-state index < -0.39 is 0 Å². The summed E-state index contributed by atoms with van der Waals surface area (Å²) in [5.41, 5.74) is 1.06. The van der Waals surface area contributed by atoms with E-state index in [-0.39, 0.29) is 18.2 Å². The van der Waals surface area contributed by atoms with Gasteiger partial charge in [0, 0.05) is 6.54 Å². The molecule has 4 heteroatoms. The zero-order valence-electron chi connectivity index (χ0n) is 8.83. The van der Waals surface area contributed by atoms with Gasteiger partial charge in [-0.05, 0) is 23.7 Å². The van der Waals surface area contributed by atoms with Crippen LogP contribution in [0.25, 0.3) is 0 Å². The van der Waals surface area contributed by atoms with E-state index in [0.29, 0.717) is 6.04 Å². The molecule has 0 N–H and O–H groups in total. The van der Waals surface area contributed by atoms with Crippen LogP contribution in [-0.4, -0.2) is 21.0 Å². The predicted molar refractivity (Wildman–Crippen MR) is 64.3 cm³/mol. The van der Waals surface area contributed by atoms with E-state index >= 15 is 0 Å². The van der Waals surface area contributed by atoms with Crippen molar-refractivity contribution in [2.75, 3.05) is 0 Å². The van der Waals surface area contributed by atoms with E-state index in [2.05, 4.69) is 18.4 Å². The average molecular weight is 234 g/mol. The zero-order chi connectivity index (χ0) is 9.84. The number of halogens is 2. The summed E-state index contributed by atoms with van der Waals surface area (Å²) in [5, 5.41) is 0. The van der Waals surface area contributed by atoms with Crippen molar-refractivity contribution < 1.29 is 4.39 Å². The molecule has 0 unspecified atom stereocenters. The highest BCUT2D eigenvalue weighted by Crippen LogP contribution is 2.07. The Balaban J connectivity index is 0.00000169. The molecule has 0 aliphatic rings. The summed E-state index contributed by atoms with van der Waals surface area (Å²) in [6.07, 6.45) is 0. The fourth-order valence-corrected chi connectivity index (χ4v) is 1.47. The summed E-state index contributed by atoms with van der Waals surface area (Å²) in [6.45, 7) is 5.18. The molecule has 14 heavy (non-hydrogen) atoms. The Morgan fingerprint density at radius 3 is 2.57 bits per heavy atom. The maximum atomic E-state index is 12.8. The Bertz CT molecular complexity index is 281. The Morgan fingerprint density at radius 1 is 1.43 bits per heavy atom. The molecule has 1 nitrogen and oxygen atoms in total. The van der Waals surface area contributed by atoms with Gasteiger partial charge in [0.1, 0.15) is 5.82 Å². The molecule has 0 fully saturated rings. The molecule has 0 saturated heterocycles. The highest BCUT2D eigenvalue weighted by Gasteiger charge is 2.03. The Hall–Kier alpha value is -0.383. The van der Waals surface area contributed by atoms with Gasteiger partial charge >= 0.3 is 0 Å². The van der Waals surface area contributed by atoms with E-state index in [1.165, 1.54) is 6.07 Å². The summed E-state index contributed by atoms with van der Waals surface area (Å²) in [6, 6.07) is 7.37. The summed E-state index contributed by atoms with van der Waals surface area (Å²) < 4.78 is 15.1. The van der Waals surface area contributed by atoms with Crippen LogP contribution in [0.3, 0.4) is 0 Å². The van der Waals surface area contributed by atoms with Gasteiger partial charge in [0.2, 0.25) is 0 Å². The first kappa shape index (κ1) is 13.6. The lowest BCUT2D eigenvalue weighted by atomic mass is 10.2. The van der Waals surface area contributed by atoms with Crippen LogP contribution in [0.1, 0.15) is 19.4 Å². The minimum Gasteiger partial charge on any atom is -0.326 e. The number of nitrogens with zero attached hydrogens (tertiary/aromatic N) is 1. The third kappa shape index (κ3) is 4.22. The van der Waals surface area contributed by atoms with E-state index in [9.17, 15) is 4.39 Å². The molecule has 0 aromatic heterocycles. The molecule has 1 rings (SSSR count). The fourth-order valence-electron chi connectivity index (χ4n) is 1.11. The van der Waals surface area contributed by atoms with Gasteiger partial charge in [0.05, 0.1) is 10.4 Å². The molecular formula is C10H17ClFNSi. The molecule has 0 spiro atoms. The molecule has 0 amide bonds. The summed E-state index contributed by atoms with van der Waals surface area (Å²) in [7, 11) is 1.02. The number of rotatable bonds is 3. The topological polar surface area (TPSA) is 3.24 Å². The third-order valence-electron chi connectivity index (χ3n) is 2.20. The van der Waals surface area contributed by atoms with Crippen molar-refractivity contribution in [2.24, 2.45) is 0 Å². The molecular weight excluding hydrogens is 217 g/mol. The van der Waals surface area contributed by atoms with Gasteiger partial charge < -0.3 is 4.57 Å². The number of hydrogen-bond donors (Lipinski definition) is 0. The van der Waals surface area contributed by atoms with Crippen LogP contribution in [0.15, 0.2) is 24.3 Å². The molecule has 1 aromatic carbocycles. The second-order valence-corrected chi connectivity index (χ2v) is 4.79. The second kappa shape index (κ2) is 6.17. The zero-order valence-corrected chi connectivity index (χ0v) is 11.6. The first-order chi connectivity index (χ1) is 6.09. The second-order valence-electron chi connectivity index (χ2n) is 3.64. The SMILES string of the molecule is CC(C)N([SiH3])Cc1cccc(F)c1.Cl. The number of hydrogen-bond acceptors (Lipinski definition) is 1. The third-order valence-corrected chi connectivity index (χ3v) is 3.55. The molecule has 0 bridgehead atoms. The van der Waals surface area contributed by atoms with Gasteiger partial charge in [-0.1, -0.05) is 26.0 Å². The van der Waals surface area contributed by atoms with Gasteiger partial charge in [-0.25, -0.2) is 4.39 Å². The average Bonchev–Trinajstić information content (AvgIpc) is 2.04. The molecule has 0 aliphatic carbocycles. The van der Waals surface area contributed by atoms with Crippen LogP contribution in [0, 0.1) is 5.82 Å².